The number of hydrogen-bond donors (Lipinski definition) is 1. The zero-order chi connectivity index (χ0) is 12.0. The highest BCUT2D eigenvalue weighted by molar-refractivity contribution is 5.66. The van der Waals surface area contributed by atoms with E-state index < -0.39 is 5.97 Å². The summed E-state index contributed by atoms with van der Waals surface area (Å²) in [7, 11) is 0. The minimum Gasteiger partial charge on any atom is -0.481 e. The van der Waals surface area contributed by atoms with Crippen molar-refractivity contribution >= 4 is 5.97 Å². The molecular formula is C13H25NO2. The molecule has 1 heterocycles. The molecule has 0 saturated carbocycles. The third-order valence-electron chi connectivity index (χ3n) is 3.86. The number of carboxylic acids is 1. The van der Waals surface area contributed by atoms with E-state index in [9.17, 15) is 4.79 Å². The fourth-order valence-electron chi connectivity index (χ4n) is 2.55. The van der Waals surface area contributed by atoms with Crippen LogP contribution in [0, 0.1) is 5.92 Å². The van der Waals surface area contributed by atoms with E-state index in [1.807, 2.05) is 0 Å². The lowest BCUT2D eigenvalue weighted by molar-refractivity contribution is -0.137. The average Bonchev–Trinajstić information content (AvgIpc) is 2.64. The number of hydrogen-bond acceptors (Lipinski definition) is 2. The van der Waals surface area contributed by atoms with Gasteiger partial charge in [-0.1, -0.05) is 13.3 Å². The second-order valence-corrected chi connectivity index (χ2v) is 5.02. The lowest BCUT2D eigenvalue weighted by Gasteiger charge is -2.23. The van der Waals surface area contributed by atoms with Crippen molar-refractivity contribution in [1.82, 2.24) is 4.90 Å². The highest BCUT2D eigenvalue weighted by atomic mass is 16.4. The van der Waals surface area contributed by atoms with Crippen LogP contribution in [0.15, 0.2) is 0 Å². The van der Waals surface area contributed by atoms with E-state index >= 15 is 0 Å². The lowest BCUT2D eigenvalue weighted by atomic mass is 9.96. The van der Waals surface area contributed by atoms with E-state index in [1.165, 1.54) is 19.4 Å². The van der Waals surface area contributed by atoms with Crippen molar-refractivity contribution in [2.45, 2.75) is 58.4 Å². The summed E-state index contributed by atoms with van der Waals surface area (Å²) < 4.78 is 0. The predicted molar refractivity (Wildman–Crippen MR) is 65.5 cm³/mol. The van der Waals surface area contributed by atoms with Crippen LogP contribution in [0.3, 0.4) is 0 Å². The first kappa shape index (κ1) is 13.5. The molecule has 16 heavy (non-hydrogen) atoms. The van der Waals surface area contributed by atoms with Crippen molar-refractivity contribution in [2.75, 3.05) is 13.1 Å². The maximum Gasteiger partial charge on any atom is 0.303 e. The maximum atomic E-state index is 10.5. The van der Waals surface area contributed by atoms with Gasteiger partial charge in [-0.2, -0.15) is 0 Å². The Balaban J connectivity index is 2.19. The van der Waals surface area contributed by atoms with Gasteiger partial charge in [-0.3, -0.25) is 4.79 Å². The molecule has 94 valence electrons. The van der Waals surface area contributed by atoms with E-state index in [0.29, 0.717) is 12.3 Å². The first-order chi connectivity index (χ1) is 7.63. The summed E-state index contributed by atoms with van der Waals surface area (Å²) in [5, 5.41) is 8.67. The number of carboxylic acid groups (broad SMARTS) is 1. The number of aliphatic carboxylic acids is 1. The molecule has 1 rings (SSSR count). The van der Waals surface area contributed by atoms with Gasteiger partial charge in [0.25, 0.3) is 0 Å². The second-order valence-electron chi connectivity index (χ2n) is 5.02. The van der Waals surface area contributed by atoms with Crippen molar-refractivity contribution in [2.24, 2.45) is 5.92 Å². The summed E-state index contributed by atoms with van der Waals surface area (Å²) >= 11 is 0. The highest BCUT2D eigenvalue weighted by Gasteiger charge is 2.20. The summed E-state index contributed by atoms with van der Waals surface area (Å²) in [6, 6.07) is 0.733. The smallest absolute Gasteiger partial charge is 0.303 e. The van der Waals surface area contributed by atoms with E-state index in [1.54, 1.807) is 0 Å². The summed E-state index contributed by atoms with van der Waals surface area (Å²) in [4.78, 5) is 13.1. The molecule has 0 aromatic heterocycles. The molecular weight excluding hydrogens is 202 g/mol. The largest absolute Gasteiger partial charge is 0.481 e. The molecule has 1 saturated heterocycles. The second kappa shape index (κ2) is 6.89. The van der Waals surface area contributed by atoms with Gasteiger partial charge in [0.2, 0.25) is 0 Å². The minimum absolute atomic E-state index is 0.327. The Kier molecular flexibility index (Phi) is 5.81. The standard InChI is InChI=1S/C13H25NO2/c1-3-12(6-7-13(15)16)8-10-14-9-4-5-11(14)2/h11-12H,3-10H2,1-2H3,(H,15,16). The van der Waals surface area contributed by atoms with Gasteiger partial charge in [-0.05, 0) is 51.6 Å². The van der Waals surface area contributed by atoms with Crippen LogP contribution in [0.2, 0.25) is 0 Å². The van der Waals surface area contributed by atoms with Crippen molar-refractivity contribution in [3.05, 3.63) is 0 Å². The van der Waals surface area contributed by atoms with E-state index in [0.717, 1.165) is 31.8 Å². The Labute approximate surface area is 98.8 Å². The van der Waals surface area contributed by atoms with Crippen LogP contribution < -0.4 is 0 Å². The molecule has 0 spiro atoms. The number of nitrogens with zero attached hydrogens (tertiary/aromatic N) is 1. The quantitative estimate of drug-likeness (QED) is 0.727. The Bertz CT molecular complexity index is 218. The van der Waals surface area contributed by atoms with Gasteiger partial charge in [0.15, 0.2) is 0 Å². The summed E-state index contributed by atoms with van der Waals surface area (Å²) in [5.74, 6) is -0.0723. The Morgan fingerprint density at radius 1 is 1.50 bits per heavy atom. The Morgan fingerprint density at radius 2 is 2.25 bits per heavy atom. The molecule has 2 unspecified atom stereocenters. The molecule has 0 bridgehead atoms. The summed E-state index contributed by atoms with van der Waals surface area (Å²) in [6.07, 6.45) is 6.09. The van der Waals surface area contributed by atoms with Crippen LogP contribution in [-0.2, 0) is 4.79 Å². The van der Waals surface area contributed by atoms with E-state index in [-0.39, 0.29) is 0 Å². The van der Waals surface area contributed by atoms with Gasteiger partial charge in [-0.15, -0.1) is 0 Å². The average molecular weight is 227 g/mol. The molecule has 1 aliphatic heterocycles. The Hall–Kier alpha value is -0.570. The normalized spacial score (nSPS) is 23.5. The zero-order valence-electron chi connectivity index (χ0n) is 10.6. The molecule has 3 heteroatoms. The third-order valence-corrected chi connectivity index (χ3v) is 3.86. The summed E-state index contributed by atoms with van der Waals surface area (Å²) in [5.41, 5.74) is 0. The van der Waals surface area contributed by atoms with Crippen LogP contribution in [0.5, 0.6) is 0 Å². The highest BCUT2D eigenvalue weighted by Crippen LogP contribution is 2.21. The first-order valence-electron chi connectivity index (χ1n) is 6.59. The summed E-state index contributed by atoms with van der Waals surface area (Å²) in [6.45, 7) is 6.85. The number of rotatable bonds is 7. The molecule has 0 radical (unpaired) electrons. The SMILES string of the molecule is CCC(CCC(=O)O)CCN1CCCC1C. The van der Waals surface area contributed by atoms with E-state index in [4.69, 9.17) is 5.11 Å². The van der Waals surface area contributed by atoms with Crippen molar-refractivity contribution < 1.29 is 9.90 Å². The molecule has 0 amide bonds. The van der Waals surface area contributed by atoms with Crippen LogP contribution in [0.4, 0.5) is 0 Å². The van der Waals surface area contributed by atoms with Gasteiger partial charge in [0, 0.05) is 12.5 Å². The van der Waals surface area contributed by atoms with Gasteiger partial charge < -0.3 is 10.0 Å². The predicted octanol–water partition coefficient (Wildman–Crippen LogP) is 2.75. The molecule has 0 aromatic rings. The molecule has 2 atom stereocenters. The van der Waals surface area contributed by atoms with E-state index in [2.05, 4.69) is 18.7 Å². The fraction of sp³-hybridized carbons (Fsp3) is 0.923. The fourth-order valence-corrected chi connectivity index (χ4v) is 2.55. The number of carbonyl (C=O) groups is 1. The van der Waals surface area contributed by atoms with Gasteiger partial charge in [-0.25, -0.2) is 0 Å². The molecule has 1 N–H and O–H groups in total. The topological polar surface area (TPSA) is 40.5 Å². The van der Waals surface area contributed by atoms with Gasteiger partial charge in [0.05, 0.1) is 0 Å². The van der Waals surface area contributed by atoms with Crippen LogP contribution in [-0.4, -0.2) is 35.1 Å². The lowest BCUT2D eigenvalue weighted by Crippen LogP contribution is -2.29. The maximum absolute atomic E-state index is 10.5. The number of likely N-dealkylation sites (tertiary alicyclic amines) is 1. The van der Waals surface area contributed by atoms with Gasteiger partial charge >= 0.3 is 5.97 Å². The zero-order valence-corrected chi connectivity index (χ0v) is 10.6. The monoisotopic (exact) mass is 227 g/mol. The van der Waals surface area contributed by atoms with Crippen molar-refractivity contribution in [3.8, 4) is 0 Å². The van der Waals surface area contributed by atoms with Crippen LogP contribution in [0.25, 0.3) is 0 Å². The van der Waals surface area contributed by atoms with Crippen LogP contribution in [0.1, 0.15) is 52.4 Å². The molecule has 0 aliphatic carbocycles. The van der Waals surface area contributed by atoms with Gasteiger partial charge in [0.1, 0.15) is 0 Å². The molecule has 1 aliphatic rings. The van der Waals surface area contributed by atoms with Crippen LogP contribution >= 0.6 is 0 Å². The van der Waals surface area contributed by atoms with Crippen molar-refractivity contribution in [3.63, 3.8) is 0 Å². The molecule has 1 fully saturated rings. The first-order valence-corrected chi connectivity index (χ1v) is 6.59. The minimum atomic E-state index is -0.659. The molecule has 0 aromatic carbocycles. The molecule has 3 nitrogen and oxygen atoms in total. The Morgan fingerprint density at radius 3 is 2.75 bits per heavy atom. The van der Waals surface area contributed by atoms with Crippen molar-refractivity contribution in [1.29, 1.82) is 0 Å². The third kappa shape index (κ3) is 4.52.